The van der Waals surface area contributed by atoms with Crippen LogP contribution in [0.4, 0.5) is 0 Å². The molecular formula is C18H27N3O2. The van der Waals surface area contributed by atoms with Crippen molar-refractivity contribution in [1.82, 2.24) is 15.2 Å². The second-order valence-corrected chi connectivity index (χ2v) is 7.25. The fraction of sp³-hybridized carbons (Fsp3) is 0.500. The smallest absolute Gasteiger partial charge is 0.256 e. The van der Waals surface area contributed by atoms with Gasteiger partial charge in [-0.3, -0.25) is 14.6 Å². The van der Waals surface area contributed by atoms with E-state index in [1.165, 1.54) is 6.20 Å². The highest BCUT2D eigenvalue weighted by Crippen LogP contribution is 2.25. The van der Waals surface area contributed by atoms with E-state index in [-0.39, 0.29) is 17.2 Å². The average Bonchev–Trinajstić information content (AvgIpc) is 2.49. The van der Waals surface area contributed by atoms with Crippen molar-refractivity contribution in [2.45, 2.75) is 40.2 Å². The van der Waals surface area contributed by atoms with Crippen molar-refractivity contribution in [2.75, 3.05) is 13.1 Å². The molecule has 0 radical (unpaired) electrons. The Morgan fingerprint density at radius 1 is 1.30 bits per heavy atom. The first-order valence-corrected chi connectivity index (χ1v) is 7.71. The normalized spacial score (nSPS) is 11.7. The van der Waals surface area contributed by atoms with Gasteiger partial charge in [0, 0.05) is 25.5 Å². The Hall–Kier alpha value is -2.17. The number of hydrogen-bond donors (Lipinski definition) is 1. The molecule has 126 valence electrons. The van der Waals surface area contributed by atoms with Gasteiger partial charge in [0.2, 0.25) is 5.91 Å². The first-order chi connectivity index (χ1) is 10.6. The van der Waals surface area contributed by atoms with Gasteiger partial charge < -0.3 is 10.2 Å². The number of hydrogen-bond acceptors (Lipinski definition) is 3. The third-order valence-corrected chi connectivity index (χ3v) is 3.42. The minimum atomic E-state index is -0.983. The van der Waals surface area contributed by atoms with Crippen molar-refractivity contribution < 1.29 is 9.59 Å². The molecular weight excluding hydrogens is 290 g/mol. The minimum absolute atomic E-state index is 0.145. The largest absolute Gasteiger partial charge is 0.351 e. The van der Waals surface area contributed by atoms with Crippen LogP contribution < -0.4 is 5.32 Å². The Kier molecular flexibility index (Phi) is 6.07. The summed E-state index contributed by atoms with van der Waals surface area (Å²) < 4.78 is 0. The molecule has 0 spiro atoms. The van der Waals surface area contributed by atoms with E-state index < -0.39 is 5.54 Å². The molecule has 5 nitrogen and oxygen atoms in total. The molecule has 2 amide bonds. The number of amides is 2. The Labute approximate surface area is 138 Å². The van der Waals surface area contributed by atoms with Crippen LogP contribution in [-0.4, -0.2) is 40.3 Å². The third kappa shape index (κ3) is 5.20. The van der Waals surface area contributed by atoms with Crippen LogP contribution in [-0.2, 0) is 4.79 Å². The summed E-state index contributed by atoms with van der Waals surface area (Å²) in [4.78, 5) is 31.1. The summed E-state index contributed by atoms with van der Waals surface area (Å²) in [7, 11) is 0. The second kappa shape index (κ2) is 7.40. The summed E-state index contributed by atoms with van der Waals surface area (Å²) >= 11 is 0. The van der Waals surface area contributed by atoms with Crippen molar-refractivity contribution in [2.24, 2.45) is 5.41 Å². The van der Waals surface area contributed by atoms with Gasteiger partial charge in [-0.25, -0.2) is 0 Å². The van der Waals surface area contributed by atoms with Crippen molar-refractivity contribution in [3.63, 3.8) is 0 Å². The monoisotopic (exact) mass is 317 g/mol. The van der Waals surface area contributed by atoms with Crippen LogP contribution in [0, 0.1) is 5.41 Å². The van der Waals surface area contributed by atoms with E-state index in [1.54, 1.807) is 43.2 Å². The van der Waals surface area contributed by atoms with Gasteiger partial charge in [0.1, 0.15) is 5.54 Å². The van der Waals surface area contributed by atoms with E-state index in [1.807, 2.05) is 20.8 Å². The predicted molar refractivity (Wildman–Crippen MR) is 92.0 cm³/mol. The molecule has 0 aliphatic rings. The number of carbonyl (C=O) groups is 2. The van der Waals surface area contributed by atoms with Gasteiger partial charge in [-0.15, -0.1) is 6.58 Å². The first kappa shape index (κ1) is 18.9. The van der Waals surface area contributed by atoms with E-state index in [4.69, 9.17) is 0 Å². The molecule has 1 rings (SSSR count). The van der Waals surface area contributed by atoms with Crippen LogP contribution in [0.2, 0.25) is 0 Å². The summed E-state index contributed by atoms with van der Waals surface area (Å²) in [6.45, 7) is 14.0. The number of carbonyl (C=O) groups excluding carboxylic acids is 2. The maximum absolute atomic E-state index is 12.9. The molecule has 0 aliphatic heterocycles. The third-order valence-electron chi connectivity index (χ3n) is 3.42. The number of rotatable bonds is 6. The van der Waals surface area contributed by atoms with Crippen molar-refractivity contribution >= 4 is 11.8 Å². The lowest BCUT2D eigenvalue weighted by Crippen LogP contribution is -2.59. The standard InChI is InChI=1S/C18H27N3O2/c1-7-10-20-16(23)18(5,6)21(13-17(2,3)4)15(22)14-9-8-11-19-12-14/h7-9,11-12H,1,10,13H2,2-6H3,(H,20,23). The van der Waals surface area contributed by atoms with E-state index in [2.05, 4.69) is 16.9 Å². The van der Waals surface area contributed by atoms with Gasteiger partial charge in [0.25, 0.3) is 5.91 Å². The van der Waals surface area contributed by atoms with Gasteiger partial charge in [-0.2, -0.15) is 0 Å². The molecule has 1 heterocycles. The van der Waals surface area contributed by atoms with Crippen LogP contribution in [0.15, 0.2) is 37.2 Å². The van der Waals surface area contributed by atoms with Crippen LogP contribution in [0.3, 0.4) is 0 Å². The number of nitrogens with zero attached hydrogens (tertiary/aromatic N) is 2. The summed E-state index contributed by atoms with van der Waals surface area (Å²) in [6, 6.07) is 3.43. The molecule has 0 unspecified atom stereocenters. The molecule has 5 heteroatoms. The van der Waals surface area contributed by atoms with E-state index in [0.717, 1.165) is 0 Å². The van der Waals surface area contributed by atoms with Crippen LogP contribution in [0.25, 0.3) is 0 Å². The zero-order valence-corrected chi connectivity index (χ0v) is 14.7. The zero-order valence-electron chi connectivity index (χ0n) is 14.7. The Balaban J connectivity index is 3.16. The molecule has 1 aromatic rings. The molecule has 0 bridgehead atoms. The van der Waals surface area contributed by atoms with Crippen LogP contribution in [0.1, 0.15) is 45.0 Å². The zero-order chi connectivity index (χ0) is 17.7. The predicted octanol–water partition coefficient (Wildman–Crippen LogP) is 2.65. The SMILES string of the molecule is C=CCNC(=O)C(C)(C)N(CC(C)(C)C)C(=O)c1cccnc1. The van der Waals surface area contributed by atoms with Crippen molar-refractivity contribution in [3.05, 3.63) is 42.7 Å². The average molecular weight is 317 g/mol. The number of pyridine rings is 1. The Morgan fingerprint density at radius 3 is 2.43 bits per heavy atom. The first-order valence-electron chi connectivity index (χ1n) is 7.71. The molecule has 0 fully saturated rings. The molecule has 23 heavy (non-hydrogen) atoms. The molecule has 1 N–H and O–H groups in total. The lowest BCUT2D eigenvalue weighted by molar-refractivity contribution is -0.130. The van der Waals surface area contributed by atoms with E-state index in [0.29, 0.717) is 18.7 Å². The fourth-order valence-corrected chi connectivity index (χ4v) is 2.15. The summed E-state index contributed by atoms with van der Waals surface area (Å²) in [5, 5.41) is 2.78. The number of nitrogens with one attached hydrogen (secondary N) is 1. The highest BCUT2D eigenvalue weighted by molar-refractivity contribution is 5.98. The fourth-order valence-electron chi connectivity index (χ4n) is 2.15. The summed E-state index contributed by atoms with van der Waals surface area (Å²) in [6.07, 6.45) is 4.76. The Morgan fingerprint density at radius 2 is 1.96 bits per heavy atom. The minimum Gasteiger partial charge on any atom is -0.351 e. The quantitative estimate of drug-likeness (QED) is 0.821. The lowest BCUT2D eigenvalue weighted by Gasteiger charge is -2.41. The van der Waals surface area contributed by atoms with Gasteiger partial charge >= 0.3 is 0 Å². The molecule has 0 aliphatic carbocycles. The van der Waals surface area contributed by atoms with E-state index >= 15 is 0 Å². The molecule has 1 aromatic heterocycles. The summed E-state index contributed by atoms with van der Waals surface area (Å²) in [5.41, 5.74) is -0.654. The number of aromatic nitrogens is 1. The maximum Gasteiger partial charge on any atom is 0.256 e. The van der Waals surface area contributed by atoms with Crippen molar-refractivity contribution in [1.29, 1.82) is 0 Å². The van der Waals surface area contributed by atoms with Gasteiger partial charge in [0.15, 0.2) is 0 Å². The van der Waals surface area contributed by atoms with Gasteiger partial charge in [-0.1, -0.05) is 26.8 Å². The van der Waals surface area contributed by atoms with Gasteiger partial charge in [-0.05, 0) is 31.4 Å². The Bertz CT molecular complexity index is 559. The second-order valence-electron chi connectivity index (χ2n) is 7.25. The van der Waals surface area contributed by atoms with Crippen LogP contribution >= 0.6 is 0 Å². The molecule has 0 saturated carbocycles. The molecule has 0 aromatic carbocycles. The van der Waals surface area contributed by atoms with Gasteiger partial charge in [0.05, 0.1) is 5.56 Å². The highest BCUT2D eigenvalue weighted by atomic mass is 16.2. The summed E-state index contributed by atoms with van der Waals surface area (Å²) in [5.74, 6) is -0.411. The van der Waals surface area contributed by atoms with E-state index in [9.17, 15) is 9.59 Å². The highest BCUT2D eigenvalue weighted by Gasteiger charge is 2.39. The lowest BCUT2D eigenvalue weighted by atomic mass is 9.91. The van der Waals surface area contributed by atoms with Crippen molar-refractivity contribution in [3.8, 4) is 0 Å². The van der Waals surface area contributed by atoms with Crippen LogP contribution in [0.5, 0.6) is 0 Å². The maximum atomic E-state index is 12.9. The molecule has 0 atom stereocenters. The molecule has 0 saturated heterocycles. The topological polar surface area (TPSA) is 62.3 Å².